The van der Waals surface area contributed by atoms with Crippen molar-refractivity contribution < 1.29 is 27.4 Å². The van der Waals surface area contributed by atoms with Crippen molar-refractivity contribution in [1.82, 2.24) is 24.7 Å². The number of hydrogen-bond acceptors (Lipinski definition) is 10. The maximum Gasteiger partial charge on any atom is 0.316 e. The number of nitrogens with one attached hydrogen (secondary N) is 2. The van der Waals surface area contributed by atoms with Gasteiger partial charge in [0.1, 0.15) is 19.5 Å². The maximum atomic E-state index is 12.7. The van der Waals surface area contributed by atoms with Crippen molar-refractivity contribution in [2.45, 2.75) is 25.3 Å². The zero-order valence-corrected chi connectivity index (χ0v) is 20.7. The zero-order valence-electron chi connectivity index (χ0n) is 18.3. The molecule has 0 amide bonds. The predicted molar refractivity (Wildman–Crippen MR) is 128 cm³/mol. The number of rotatable bonds is 10. The molecule has 0 unspecified atom stereocenters. The molecule has 0 spiro atoms. The van der Waals surface area contributed by atoms with Crippen LogP contribution in [0.3, 0.4) is 0 Å². The molecule has 2 N–H and O–H groups in total. The molecule has 3 aromatic rings. The number of aromatic nitrogens is 4. The maximum absolute atomic E-state index is 12.7. The highest BCUT2D eigenvalue weighted by Crippen LogP contribution is 2.40. The first-order chi connectivity index (χ1) is 17.0. The van der Waals surface area contributed by atoms with E-state index < -0.39 is 10.2 Å². The fourth-order valence-electron chi connectivity index (χ4n) is 3.42. The second-order valence-electron chi connectivity index (χ2n) is 7.70. The van der Waals surface area contributed by atoms with Crippen LogP contribution in [-0.4, -0.2) is 54.4 Å². The molecule has 3 heterocycles. The van der Waals surface area contributed by atoms with Gasteiger partial charge < -0.3 is 18.9 Å². The molecule has 35 heavy (non-hydrogen) atoms. The van der Waals surface area contributed by atoms with Gasteiger partial charge in [0, 0.05) is 18.4 Å². The summed E-state index contributed by atoms with van der Waals surface area (Å²) in [6, 6.07) is 5.32. The molecule has 184 valence electrons. The van der Waals surface area contributed by atoms with E-state index in [9.17, 15) is 8.42 Å². The van der Waals surface area contributed by atoms with Gasteiger partial charge in [0.25, 0.3) is 0 Å². The standard InChI is InChI=1S/C21H21BrN6O6S/c22-14-9-23-21(24-10-14)32-7-6-31-20-18(13-4-5-16-17(8-13)34-12-33-16)19(25-11-26-20)28-35(29,30)27-15-2-1-3-15/h4-5,8-11,15,27H,1-3,6-7,12H2,(H,25,26,28). The number of ether oxygens (including phenoxy) is 4. The lowest BCUT2D eigenvalue weighted by atomic mass is 9.94. The highest BCUT2D eigenvalue weighted by Gasteiger charge is 2.26. The summed E-state index contributed by atoms with van der Waals surface area (Å²) in [6.45, 7) is 0.338. The summed E-state index contributed by atoms with van der Waals surface area (Å²) in [6.07, 6.45) is 6.97. The first-order valence-corrected chi connectivity index (χ1v) is 13.0. The first kappa shape index (κ1) is 23.5. The van der Waals surface area contributed by atoms with Crippen LogP contribution in [0.2, 0.25) is 0 Å². The number of nitrogens with zero attached hydrogens (tertiary/aromatic N) is 4. The van der Waals surface area contributed by atoms with Crippen LogP contribution in [0.15, 0.2) is 41.4 Å². The minimum atomic E-state index is -3.87. The lowest BCUT2D eigenvalue weighted by Gasteiger charge is -2.26. The molecule has 1 fully saturated rings. The van der Waals surface area contributed by atoms with Gasteiger partial charge in [-0.3, -0.25) is 4.72 Å². The van der Waals surface area contributed by atoms with Crippen LogP contribution in [0, 0.1) is 0 Å². The Hall–Kier alpha value is -3.23. The molecule has 0 bridgehead atoms. The largest absolute Gasteiger partial charge is 0.473 e. The molecular formula is C21H21BrN6O6S. The minimum Gasteiger partial charge on any atom is -0.473 e. The van der Waals surface area contributed by atoms with E-state index in [-0.39, 0.29) is 43.8 Å². The minimum absolute atomic E-state index is 0.0675. The van der Waals surface area contributed by atoms with Crippen LogP contribution in [-0.2, 0) is 10.2 Å². The Morgan fingerprint density at radius 2 is 1.80 bits per heavy atom. The highest BCUT2D eigenvalue weighted by atomic mass is 79.9. The average Bonchev–Trinajstić information content (AvgIpc) is 3.28. The molecule has 2 aromatic heterocycles. The Balaban J connectivity index is 1.38. The summed E-state index contributed by atoms with van der Waals surface area (Å²) in [7, 11) is -3.87. The fourth-order valence-corrected chi connectivity index (χ4v) is 4.76. The highest BCUT2D eigenvalue weighted by molar-refractivity contribution is 9.10. The summed E-state index contributed by atoms with van der Waals surface area (Å²) in [4.78, 5) is 16.5. The number of anilines is 1. The average molecular weight is 565 g/mol. The van der Waals surface area contributed by atoms with Gasteiger partial charge in [0.05, 0.1) is 10.0 Å². The van der Waals surface area contributed by atoms with Gasteiger partial charge in [0.2, 0.25) is 12.7 Å². The van der Waals surface area contributed by atoms with E-state index >= 15 is 0 Å². The molecule has 0 saturated heterocycles. The predicted octanol–water partition coefficient (Wildman–Crippen LogP) is 2.68. The zero-order chi connectivity index (χ0) is 24.3. The third-order valence-corrected chi connectivity index (χ3v) is 6.80. The van der Waals surface area contributed by atoms with Gasteiger partial charge in [-0.1, -0.05) is 12.5 Å². The summed E-state index contributed by atoms with van der Waals surface area (Å²) in [5, 5.41) is 0. The van der Waals surface area contributed by atoms with Crippen LogP contribution in [0.25, 0.3) is 11.1 Å². The van der Waals surface area contributed by atoms with Gasteiger partial charge >= 0.3 is 16.2 Å². The van der Waals surface area contributed by atoms with Gasteiger partial charge in [-0.25, -0.2) is 19.9 Å². The van der Waals surface area contributed by atoms with Gasteiger partial charge in [-0.15, -0.1) is 0 Å². The van der Waals surface area contributed by atoms with E-state index in [0.29, 0.717) is 22.6 Å². The van der Waals surface area contributed by atoms with Crippen molar-refractivity contribution in [3.63, 3.8) is 0 Å². The first-order valence-electron chi connectivity index (χ1n) is 10.7. The fraction of sp³-hybridized carbons (Fsp3) is 0.333. The Morgan fingerprint density at radius 3 is 2.57 bits per heavy atom. The Labute approximate surface area is 209 Å². The SMILES string of the molecule is O=S(=O)(Nc1ncnc(OCCOc2ncc(Br)cn2)c1-c1ccc2c(c1)OCO2)NC1CCC1. The molecule has 0 atom stereocenters. The van der Waals surface area contributed by atoms with E-state index in [1.54, 1.807) is 30.6 Å². The van der Waals surface area contributed by atoms with Gasteiger partial charge in [-0.05, 0) is 46.5 Å². The van der Waals surface area contributed by atoms with Crippen molar-refractivity contribution in [1.29, 1.82) is 0 Å². The van der Waals surface area contributed by atoms with Crippen molar-refractivity contribution in [3.05, 3.63) is 41.4 Å². The van der Waals surface area contributed by atoms with Crippen LogP contribution in [0.1, 0.15) is 19.3 Å². The van der Waals surface area contributed by atoms with Crippen LogP contribution in [0.4, 0.5) is 5.82 Å². The molecule has 14 heteroatoms. The quantitative estimate of drug-likeness (QED) is 0.352. The van der Waals surface area contributed by atoms with E-state index in [1.165, 1.54) is 6.33 Å². The lowest BCUT2D eigenvalue weighted by Crippen LogP contribution is -2.42. The Bertz CT molecular complexity index is 1310. The third-order valence-electron chi connectivity index (χ3n) is 5.28. The molecule has 1 aliphatic carbocycles. The molecule has 2 aliphatic rings. The Kier molecular flexibility index (Phi) is 6.83. The molecular weight excluding hydrogens is 544 g/mol. The van der Waals surface area contributed by atoms with Crippen LogP contribution >= 0.6 is 15.9 Å². The monoisotopic (exact) mass is 564 g/mol. The van der Waals surface area contributed by atoms with Crippen molar-refractivity contribution in [2.75, 3.05) is 24.7 Å². The Morgan fingerprint density at radius 1 is 1.03 bits per heavy atom. The third kappa shape index (κ3) is 5.71. The van der Waals surface area contributed by atoms with E-state index in [2.05, 4.69) is 45.3 Å². The van der Waals surface area contributed by atoms with E-state index in [0.717, 1.165) is 23.7 Å². The van der Waals surface area contributed by atoms with Crippen molar-refractivity contribution in [2.24, 2.45) is 0 Å². The van der Waals surface area contributed by atoms with Crippen LogP contribution in [0.5, 0.6) is 23.4 Å². The normalized spacial score (nSPS) is 14.9. The van der Waals surface area contributed by atoms with Crippen molar-refractivity contribution >= 4 is 32.0 Å². The molecule has 1 aromatic carbocycles. The number of fused-ring (bicyclic) bond motifs is 1. The van der Waals surface area contributed by atoms with Crippen LogP contribution < -0.4 is 28.4 Å². The van der Waals surface area contributed by atoms with Gasteiger partial charge in [-0.2, -0.15) is 13.1 Å². The molecule has 1 aliphatic heterocycles. The van der Waals surface area contributed by atoms with E-state index in [1.807, 2.05) is 0 Å². The summed E-state index contributed by atoms with van der Waals surface area (Å²) in [5.41, 5.74) is 0.938. The summed E-state index contributed by atoms with van der Waals surface area (Å²) >= 11 is 3.26. The molecule has 0 radical (unpaired) electrons. The summed E-state index contributed by atoms with van der Waals surface area (Å²) in [5.74, 6) is 1.34. The van der Waals surface area contributed by atoms with Gasteiger partial charge in [0.15, 0.2) is 17.3 Å². The number of benzene rings is 1. The molecule has 5 rings (SSSR count). The topological polar surface area (TPSA) is 147 Å². The smallest absolute Gasteiger partial charge is 0.316 e. The van der Waals surface area contributed by atoms with Crippen molar-refractivity contribution in [3.8, 4) is 34.5 Å². The molecule has 1 saturated carbocycles. The lowest BCUT2D eigenvalue weighted by molar-refractivity contribution is 0.174. The summed E-state index contributed by atoms with van der Waals surface area (Å²) < 4.78 is 53.5. The number of halogens is 1. The number of hydrogen-bond donors (Lipinski definition) is 2. The van der Waals surface area contributed by atoms with E-state index in [4.69, 9.17) is 18.9 Å². The second kappa shape index (κ2) is 10.2. The molecule has 12 nitrogen and oxygen atoms in total. The second-order valence-corrected chi connectivity index (χ2v) is 10.1.